The van der Waals surface area contributed by atoms with Crippen LogP contribution < -0.4 is 5.32 Å². The summed E-state index contributed by atoms with van der Waals surface area (Å²) in [6.45, 7) is 6.23. The molecule has 16 heavy (non-hydrogen) atoms. The maximum atomic E-state index is 5.55. The van der Waals surface area contributed by atoms with Gasteiger partial charge >= 0.3 is 0 Å². The van der Waals surface area contributed by atoms with E-state index in [1.807, 2.05) is 6.26 Å². The summed E-state index contributed by atoms with van der Waals surface area (Å²) < 4.78 is 11.0. The van der Waals surface area contributed by atoms with Crippen LogP contribution in [0.1, 0.15) is 39.5 Å². The van der Waals surface area contributed by atoms with E-state index in [1.54, 1.807) is 7.11 Å². The van der Waals surface area contributed by atoms with Gasteiger partial charge in [0.2, 0.25) is 0 Å². The van der Waals surface area contributed by atoms with Crippen molar-refractivity contribution in [2.45, 2.75) is 51.7 Å². The van der Waals surface area contributed by atoms with Gasteiger partial charge in [0.05, 0.1) is 25.0 Å². The van der Waals surface area contributed by atoms with Gasteiger partial charge in [-0.15, -0.1) is 0 Å². The molecule has 0 saturated heterocycles. The van der Waals surface area contributed by atoms with Crippen molar-refractivity contribution in [2.24, 2.45) is 0 Å². The summed E-state index contributed by atoms with van der Waals surface area (Å²) in [6, 6.07) is 0.315. The average Bonchev–Trinajstić information content (AvgIpc) is 2.35. The molecule has 0 saturated carbocycles. The smallest absolute Gasteiger partial charge is 0.0876 e. The molecule has 3 nitrogen and oxygen atoms in total. The molecule has 1 aliphatic rings. The fourth-order valence-corrected chi connectivity index (χ4v) is 2.15. The Morgan fingerprint density at radius 3 is 2.81 bits per heavy atom. The Morgan fingerprint density at radius 2 is 2.31 bits per heavy atom. The zero-order valence-electron chi connectivity index (χ0n) is 10.8. The fourth-order valence-electron chi connectivity index (χ4n) is 2.15. The highest BCUT2D eigenvalue weighted by Crippen LogP contribution is 2.20. The van der Waals surface area contributed by atoms with Crippen LogP contribution in [0.4, 0.5) is 0 Å². The first-order chi connectivity index (χ1) is 7.83. The molecule has 0 fully saturated rings. The van der Waals surface area contributed by atoms with E-state index in [4.69, 9.17) is 9.47 Å². The van der Waals surface area contributed by atoms with E-state index < -0.39 is 0 Å². The minimum atomic E-state index is 0.250. The Hall–Kier alpha value is -0.540. The normalized spacial score (nSPS) is 19.8. The summed E-state index contributed by atoms with van der Waals surface area (Å²) in [5.41, 5.74) is 1.36. The van der Waals surface area contributed by atoms with Crippen molar-refractivity contribution in [2.75, 3.05) is 20.3 Å². The molecule has 0 aromatic heterocycles. The predicted octanol–water partition coefficient (Wildman–Crippen LogP) is 2.47. The Morgan fingerprint density at radius 1 is 1.50 bits per heavy atom. The molecule has 94 valence electrons. The van der Waals surface area contributed by atoms with Crippen LogP contribution in [0.15, 0.2) is 11.8 Å². The van der Waals surface area contributed by atoms with Crippen molar-refractivity contribution in [3.05, 3.63) is 11.8 Å². The van der Waals surface area contributed by atoms with E-state index in [2.05, 4.69) is 19.2 Å². The highest BCUT2D eigenvalue weighted by molar-refractivity contribution is 5.12. The number of ether oxygens (including phenoxy) is 2. The van der Waals surface area contributed by atoms with Gasteiger partial charge in [0, 0.05) is 7.11 Å². The van der Waals surface area contributed by atoms with Crippen LogP contribution in [-0.4, -0.2) is 32.4 Å². The molecule has 2 atom stereocenters. The standard InChI is InChI=1S/C13H25NO2/c1-4-8-14-13(12(5-2)15-3)11-7-6-9-16-10-11/h10,12-14H,4-9H2,1-3H3. The van der Waals surface area contributed by atoms with Gasteiger partial charge in [-0.05, 0) is 37.8 Å². The van der Waals surface area contributed by atoms with Crippen molar-refractivity contribution in [1.82, 2.24) is 5.32 Å². The molecule has 3 heteroatoms. The third-order valence-corrected chi connectivity index (χ3v) is 3.05. The van der Waals surface area contributed by atoms with Crippen LogP contribution in [0.2, 0.25) is 0 Å². The van der Waals surface area contributed by atoms with Crippen LogP contribution in [0, 0.1) is 0 Å². The SMILES string of the molecule is CCCNC(C1=COCCC1)C(CC)OC. The third-order valence-electron chi connectivity index (χ3n) is 3.05. The second-order valence-electron chi connectivity index (χ2n) is 4.28. The van der Waals surface area contributed by atoms with Crippen LogP contribution in [0.3, 0.4) is 0 Å². The zero-order valence-corrected chi connectivity index (χ0v) is 10.8. The summed E-state index contributed by atoms with van der Waals surface area (Å²) in [5.74, 6) is 0. The number of nitrogens with one attached hydrogen (secondary N) is 1. The molecule has 0 spiro atoms. The molecule has 1 rings (SSSR count). The van der Waals surface area contributed by atoms with Crippen molar-refractivity contribution in [3.8, 4) is 0 Å². The predicted molar refractivity (Wildman–Crippen MR) is 66.4 cm³/mol. The van der Waals surface area contributed by atoms with Gasteiger partial charge in [-0.3, -0.25) is 0 Å². The summed E-state index contributed by atoms with van der Waals surface area (Å²) in [4.78, 5) is 0. The van der Waals surface area contributed by atoms with Crippen LogP contribution in [0.25, 0.3) is 0 Å². The topological polar surface area (TPSA) is 30.5 Å². The van der Waals surface area contributed by atoms with Crippen LogP contribution in [-0.2, 0) is 9.47 Å². The van der Waals surface area contributed by atoms with Crippen molar-refractivity contribution < 1.29 is 9.47 Å². The molecule has 0 amide bonds. The molecule has 1 aliphatic heterocycles. The summed E-state index contributed by atoms with van der Waals surface area (Å²) in [5, 5.41) is 3.57. The molecule has 0 aromatic carbocycles. The van der Waals surface area contributed by atoms with Crippen molar-refractivity contribution >= 4 is 0 Å². The van der Waals surface area contributed by atoms with Gasteiger partial charge in [-0.1, -0.05) is 13.8 Å². The van der Waals surface area contributed by atoms with E-state index in [-0.39, 0.29) is 6.10 Å². The van der Waals surface area contributed by atoms with Crippen molar-refractivity contribution in [1.29, 1.82) is 0 Å². The van der Waals surface area contributed by atoms with E-state index in [1.165, 1.54) is 5.57 Å². The quantitative estimate of drug-likeness (QED) is 0.725. The minimum Gasteiger partial charge on any atom is -0.501 e. The van der Waals surface area contributed by atoms with Crippen molar-refractivity contribution in [3.63, 3.8) is 0 Å². The number of hydrogen-bond acceptors (Lipinski definition) is 3. The average molecular weight is 227 g/mol. The van der Waals surface area contributed by atoms with Gasteiger partial charge in [0.15, 0.2) is 0 Å². The Kier molecular flexibility index (Phi) is 6.50. The number of hydrogen-bond donors (Lipinski definition) is 1. The molecule has 0 bridgehead atoms. The first-order valence-corrected chi connectivity index (χ1v) is 6.40. The molecule has 1 N–H and O–H groups in total. The lowest BCUT2D eigenvalue weighted by atomic mass is 9.95. The first kappa shape index (κ1) is 13.5. The Balaban J connectivity index is 2.64. The van der Waals surface area contributed by atoms with Crippen LogP contribution >= 0.6 is 0 Å². The largest absolute Gasteiger partial charge is 0.501 e. The highest BCUT2D eigenvalue weighted by Gasteiger charge is 2.24. The summed E-state index contributed by atoms with van der Waals surface area (Å²) in [7, 11) is 1.79. The maximum absolute atomic E-state index is 5.55. The number of rotatable bonds is 7. The van der Waals surface area contributed by atoms with Crippen LogP contribution in [0.5, 0.6) is 0 Å². The molecule has 1 heterocycles. The van der Waals surface area contributed by atoms with E-state index in [9.17, 15) is 0 Å². The minimum absolute atomic E-state index is 0.250. The van der Waals surface area contributed by atoms with E-state index >= 15 is 0 Å². The van der Waals surface area contributed by atoms with Gasteiger partial charge in [-0.25, -0.2) is 0 Å². The summed E-state index contributed by atoms with van der Waals surface area (Å²) in [6.07, 6.45) is 6.59. The lowest BCUT2D eigenvalue weighted by molar-refractivity contribution is 0.0712. The van der Waals surface area contributed by atoms with E-state index in [0.717, 1.165) is 38.8 Å². The Labute approximate surface area is 99.2 Å². The van der Waals surface area contributed by atoms with E-state index in [0.29, 0.717) is 6.04 Å². The molecular formula is C13H25NO2. The highest BCUT2D eigenvalue weighted by atomic mass is 16.5. The zero-order chi connectivity index (χ0) is 11.8. The first-order valence-electron chi connectivity index (χ1n) is 6.40. The van der Waals surface area contributed by atoms with Gasteiger partial charge < -0.3 is 14.8 Å². The van der Waals surface area contributed by atoms with Gasteiger partial charge in [-0.2, -0.15) is 0 Å². The molecule has 0 aromatic rings. The lowest BCUT2D eigenvalue weighted by Crippen LogP contribution is -2.43. The molecule has 0 aliphatic carbocycles. The molecule has 0 radical (unpaired) electrons. The van der Waals surface area contributed by atoms with Gasteiger partial charge in [0.1, 0.15) is 0 Å². The maximum Gasteiger partial charge on any atom is 0.0876 e. The second kappa shape index (κ2) is 7.69. The Bertz CT molecular complexity index is 212. The third kappa shape index (κ3) is 3.80. The second-order valence-corrected chi connectivity index (χ2v) is 4.28. The lowest BCUT2D eigenvalue weighted by Gasteiger charge is -2.30. The summed E-state index contributed by atoms with van der Waals surface area (Å²) >= 11 is 0. The fraction of sp³-hybridized carbons (Fsp3) is 0.846. The number of methoxy groups -OCH3 is 1. The molecule has 2 unspecified atom stereocenters. The molecular weight excluding hydrogens is 202 g/mol. The van der Waals surface area contributed by atoms with Gasteiger partial charge in [0.25, 0.3) is 0 Å². The monoisotopic (exact) mass is 227 g/mol.